The molecule has 118 valence electrons. The van der Waals surface area contributed by atoms with E-state index in [0.29, 0.717) is 4.90 Å². The van der Waals surface area contributed by atoms with Crippen LogP contribution in [0.4, 0.5) is 0 Å². The average molecular weight is 310 g/mol. The van der Waals surface area contributed by atoms with Gasteiger partial charge in [-0.2, -0.15) is 4.31 Å². The lowest BCUT2D eigenvalue weighted by molar-refractivity contribution is 0.204. The minimum absolute atomic E-state index is 0.0858. The summed E-state index contributed by atoms with van der Waals surface area (Å²) in [7, 11) is -1.47. The van der Waals surface area contributed by atoms with Crippen molar-refractivity contribution in [3.63, 3.8) is 0 Å². The summed E-state index contributed by atoms with van der Waals surface area (Å²) in [6.45, 7) is 4.91. The van der Waals surface area contributed by atoms with E-state index >= 15 is 0 Å². The first-order valence-electron chi connectivity index (χ1n) is 7.74. The quantitative estimate of drug-likeness (QED) is 0.908. The molecule has 21 heavy (non-hydrogen) atoms. The molecule has 4 nitrogen and oxygen atoms in total. The van der Waals surface area contributed by atoms with Crippen molar-refractivity contribution in [2.45, 2.75) is 56.5 Å². The second-order valence-electron chi connectivity index (χ2n) is 5.96. The van der Waals surface area contributed by atoms with Crippen LogP contribution in [0.15, 0.2) is 29.2 Å². The molecule has 1 aromatic carbocycles. The molecule has 1 heterocycles. The lowest BCUT2D eigenvalue weighted by Gasteiger charge is -2.37. The van der Waals surface area contributed by atoms with Gasteiger partial charge in [-0.3, -0.25) is 0 Å². The molecule has 0 aromatic heterocycles. The van der Waals surface area contributed by atoms with Crippen molar-refractivity contribution in [3.05, 3.63) is 29.8 Å². The number of piperidine rings is 1. The van der Waals surface area contributed by atoms with Crippen molar-refractivity contribution in [3.8, 4) is 0 Å². The summed E-state index contributed by atoms with van der Waals surface area (Å²) in [6, 6.07) is 7.50. The van der Waals surface area contributed by atoms with Gasteiger partial charge in [0.2, 0.25) is 10.0 Å². The van der Waals surface area contributed by atoms with Crippen molar-refractivity contribution < 1.29 is 8.42 Å². The van der Waals surface area contributed by atoms with E-state index < -0.39 is 10.0 Å². The summed E-state index contributed by atoms with van der Waals surface area (Å²) < 4.78 is 27.4. The van der Waals surface area contributed by atoms with Gasteiger partial charge in [0.15, 0.2) is 0 Å². The Labute approximate surface area is 128 Å². The van der Waals surface area contributed by atoms with E-state index in [2.05, 4.69) is 5.32 Å². The van der Waals surface area contributed by atoms with E-state index in [4.69, 9.17) is 0 Å². The Morgan fingerprint density at radius 2 is 1.71 bits per heavy atom. The minimum Gasteiger partial charge on any atom is -0.319 e. The molecule has 0 radical (unpaired) electrons. The molecule has 2 unspecified atom stereocenters. The normalized spacial score (nSPS) is 24.1. The van der Waals surface area contributed by atoms with Gasteiger partial charge in [-0.15, -0.1) is 0 Å². The zero-order valence-electron chi connectivity index (χ0n) is 13.2. The third-order valence-electron chi connectivity index (χ3n) is 4.28. The maximum Gasteiger partial charge on any atom is 0.243 e. The lowest BCUT2D eigenvalue weighted by Crippen LogP contribution is -2.47. The third-order valence-corrected chi connectivity index (χ3v) is 6.42. The Bertz CT molecular complexity index is 544. The van der Waals surface area contributed by atoms with Gasteiger partial charge in [0, 0.05) is 12.1 Å². The smallest absolute Gasteiger partial charge is 0.243 e. The van der Waals surface area contributed by atoms with Crippen LogP contribution in [0.3, 0.4) is 0 Å². The Balaban J connectivity index is 2.22. The molecule has 2 rings (SSSR count). The number of likely N-dealkylation sites (N-methyl/N-ethyl adjacent to an activating group) is 1. The van der Waals surface area contributed by atoms with E-state index in [0.717, 1.165) is 37.8 Å². The summed E-state index contributed by atoms with van der Waals surface area (Å²) in [5, 5.41) is 3.10. The zero-order chi connectivity index (χ0) is 15.5. The van der Waals surface area contributed by atoms with E-state index in [1.807, 2.05) is 33.0 Å². The largest absolute Gasteiger partial charge is 0.319 e. The highest BCUT2D eigenvalue weighted by Crippen LogP contribution is 2.29. The van der Waals surface area contributed by atoms with Gasteiger partial charge in [-0.05, 0) is 64.4 Å². The molecule has 1 aliphatic heterocycles. The SMILES string of the molecule is CNCCc1ccc(S(=O)(=O)N2C(C)CCCC2C)cc1. The maximum absolute atomic E-state index is 12.8. The molecule has 1 aliphatic rings. The van der Waals surface area contributed by atoms with Crippen LogP contribution in [-0.4, -0.2) is 38.4 Å². The number of nitrogens with zero attached hydrogens (tertiary/aromatic N) is 1. The highest BCUT2D eigenvalue weighted by Gasteiger charge is 2.35. The summed E-state index contributed by atoms with van der Waals surface area (Å²) in [6.07, 6.45) is 3.91. The Morgan fingerprint density at radius 1 is 1.14 bits per heavy atom. The number of hydrogen-bond donors (Lipinski definition) is 1. The van der Waals surface area contributed by atoms with Crippen molar-refractivity contribution in [2.24, 2.45) is 0 Å². The van der Waals surface area contributed by atoms with Crippen LogP contribution in [0.25, 0.3) is 0 Å². The van der Waals surface area contributed by atoms with E-state index in [1.165, 1.54) is 0 Å². The van der Waals surface area contributed by atoms with Gasteiger partial charge < -0.3 is 5.32 Å². The average Bonchev–Trinajstić information content (AvgIpc) is 2.45. The van der Waals surface area contributed by atoms with Gasteiger partial charge in [0.25, 0.3) is 0 Å². The fourth-order valence-corrected chi connectivity index (χ4v) is 4.97. The highest BCUT2D eigenvalue weighted by atomic mass is 32.2. The molecule has 2 atom stereocenters. The first kappa shape index (κ1) is 16.5. The van der Waals surface area contributed by atoms with Crippen LogP contribution >= 0.6 is 0 Å². The van der Waals surface area contributed by atoms with E-state index in [1.54, 1.807) is 16.4 Å². The summed E-state index contributed by atoms with van der Waals surface area (Å²) in [5.74, 6) is 0. The second-order valence-corrected chi connectivity index (χ2v) is 7.80. The molecule has 0 saturated carbocycles. The van der Waals surface area contributed by atoms with Crippen molar-refractivity contribution in [1.29, 1.82) is 0 Å². The summed E-state index contributed by atoms with van der Waals surface area (Å²) in [5.41, 5.74) is 1.16. The van der Waals surface area contributed by atoms with E-state index in [9.17, 15) is 8.42 Å². The van der Waals surface area contributed by atoms with Crippen LogP contribution in [0, 0.1) is 0 Å². The molecule has 5 heteroatoms. The molecule has 1 saturated heterocycles. The monoisotopic (exact) mass is 310 g/mol. The van der Waals surface area contributed by atoms with Crippen LogP contribution in [0.2, 0.25) is 0 Å². The first-order valence-corrected chi connectivity index (χ1v) is 9.18. The fourth-order valence-electron chi connectivity index (χ4n) is 3.09. The minimum atomic E-state index is -3.38. The summed E-state index contributed by atoms with van der Waals surface area (Å²) in [4.78, 5) is 0.413. The highest BCUT2D eigenvalue weighted by molar-refractivity contribution is 7.89. The van der Waals surface area contributed by atoms with Crippen molar-refractivity contribution in [1.82, 2.24) is 9.62 Å². The van der Waals surface area contributed by atoms with Gasteiger partial charge in [0.1, 0.15) is 0 Å². The van der Waals surface area contributed by atoms with Crippen molar-refractivity contribution >= 4 is 10.0 Å². The molecule has 0 bridgehead atoms. The van der Waals surface area contributed by atoms with Gasteiger partial charge in [0.05, 0.1) is 4.90 Å². The number of hydrogen-bond acceptors (Lipinski definition) is 3. The standard InChI is InChI=1S/C16H26N2O2S/c1-13-5-4-6-14(2)18(13)21(19,20)16-9-7-15(8-10-16)11-12-17-3/h7-10,13-14,17H,4-6,11-12H2,1-3H3. The van der Waals surface area contributed by atoms with Crippen LogP contribution in [0.5, 0.6) is 0 Å². The molecule has 1 fully saturated rings. The van der Waals surface area contributed by atoms with Crippen LogP contribution in [-0.2, 0) is 16.4 Å². The Kier molecular flexibility index (Phi) is 5.41. The number of sulfonamides is 1. The molecule has 0 aliphatic carbocycles. The predicted octanol–water partition coefficient (Wildman–Crippen LogP) is 2.40. The number of benzene rings is 1. The molecule has 1 aromatic rings. The van der Waals surface area contributed by atoms with E-state index in [-0.39, 0.29) is 12.1 Å². The maximum atomic E-state index is 12.8. The topological polar surface area (TPSA) is 49.4 Å². The van der Waals surface area contributed by atoms with Gasteiger partial charge >= 0.3 is 0 Å². The third kappa shape index (κ3) is 3.65. The Hall–Kier alpha value is -0.910. The summed E-state index contributed by atoms with van der Waals surface area (Å²) >= 11 is 0. The van der Waals surface area contributed by atoms with Gasteiger partial charge in [-0.25, -0.2) is 8.42 Å². The Morgan fingerprint density at radius 3 is 2.24 bits per heavy atom. The number of rotatable bonds is 5. The van der Waals surface area contributed by atoms with Crippen LogP contribution in [0.1, 0.15) is 38.7 Å². The number of nitrogens with one attached hydrogen (secondary N) is 1. The fraction of sp³-hybridized carbons (Fsp3) is 0.625. The zero-order valence-corrected chi connectivity index (χ0v) is 14.0. The first-order chi connectivity index (χ1) is 9.96. The molecule has 0 spiro atoms. The molecular weight excluding hydrogens is 284 g/mol. The molecule has 0 amide bonds. The second kappa shape index (κ2) is 6.90. The van der Waals surface area contributed by atoms with Crippen molar-refractivity contribution in [2.75, 3.05) is 13.6 Å². The predicted molar refractivity (Wildman–Crippen MR) is 85.9 cm³/mol. The van der Waals surface area contributed by atoms with Crippen LogP contribution < -0.4 is 5.32 Å². The molecular formula is C16H26N2O2S. The lowest BCUT2D eigenvalue weighted by atomic mass is 10.0. The van der Waals surface area contributed by atoms with Gasteiger partial charge in [-0.1, -0.05) is 18.6 Å². The molecule has 1 N–H and O–H groups in total.